The molecule has 0 unspecified atom stereocenters. The summed E-state index contributed by atoms with van der Waals surface area (Å²) in [5.41, 5.74) is -0.397. The number of aromatic nitrogens is 1. The third-order valence-electron chi connectivity index (χ3n) is 5.11. The van der Waals surface area contributed by atoms with Gasteiger partial charge in [-0.1, -0.05) is 20.8 Å². The van der Waals surface area contributed by atoms with Gasteiger partial charge in [-0.2, -0.15) is 4.31 Å². The number of pyridine rings is 1. The maximum Gasteiger partial charge on any atom is 0.251 e. The molecule has 0 atom stereocenters. The number of sulfonamides is 1. The van der Waals surface area contributed by atoms with Crippen LogP contribution in [0.3, 0.4) is 0 Å². The van der Waals surface area contributed by atoms with Crippen LogP contribution in [0, 0.1) is 0 Å². The molecule has 1 aliphatic rings. The van der Waals surface area contributed by atoms with Crippen molar-refractivity contribution in [1.29, 1.82) is 0 Å². The van der Waals surface area contributed by atoms with Crippen molar-refractivity contribution in [1.82, 2.24) is 19.1 Å². The van der Waals surface area contributed by atoms with Crippen LogP contribution >= 0.6 is 0 Å². The van der Waals surface area contributed by atoms with Crippen LogP contribution < -0.4 is 10.9 Å². The second-order valence-electron chi connectivity index (χ2n) is 7.10. The van der Waals surface area contributed by atoms with Crippen LogP contribution in [0.2, 0.25) is 0 Å². The third-order valence-corrected chi connectivity index (χ3v) is 7.14. The molecule has 1 aromatic rings. The van der Waals surface area contributed by atoms with Crippen molar-refractivity contribution in [3.63, 3.8) is 0 Å². The summed E-state index contributed by atoms with van der Waals surface area (Å²) in [6, 6.07) is 2.60. The fourth-order valence-corrected chi connectivity index (χ4v) is 5.02. The molecule has 2 rings (SSSR count). The molecule has 0 radical (unpaired) electrons. The highest BCUT2D eigenvalue weighted by molar-refractivity contribution is 7.89. The SMILES string of the molecule is CCCN1CCC(NC(=O)Cn2cc(S(=O)(=O)N(CC)CC)ccc2=O)CC1. The number of hydrogen-bond donors (Lipinski definition) is 1. The zero-order chi connectivity index (χ0) is 20.7. The number of carbonyl (C=O) groups is 1. The standard InChI is InChI=1S/C19H32N4O4S/c1-4-11-21-12-9-16(10-13-21)20-18(24)15-22-14-17(7-8-19(22)25)28(26,27)23(5-2)6-3/h7-8,14,16H,4-6,9-13,15H2,1-3H3,(H,20,24). The Morgan fingerprint density at radius 2 is 1.82 bits per heavy atom. The Morgan fingerprint density at radius 3 is 2.39 bits per heavy atom. The van der Waals surface area contributed by atoms with Crippen LogP contribution in [0.25, 0.3) is 0 Å². The van der Waals surface area contributed by atoms with Crippen LogP contribution in [-0.4, -0.2) is 66.9 Å². The lowest BCUT2D eigenvalue weighted by molar-refractivity contribution is -0.122. The van der Waals surface area contributed by atoms with Crippen molar-refractivity contribution < 1.29 is 13.2 Å². The first-order valence-electron chi connectivity index (χ1n) is 10.0. The van der Waals surface area contributed by atoms with Gasteiger partial charge in [0.05, 0.1) is 4.90 Å². The number of amides is 1. The number of nitrogens with one attached hydrogen (secondary N) is 1. The Kier molecular flexibility index (Phi) is 8.21. The zero-order valence-electron chi connectivity index (χ0n) is 17.1. The van der Waals surface area contributed by atoms with Crippen LogP contribution in [0.1, 0.15) is 40.0 Å². The molecule has 0 aromatic carbocycles. The van der Waals surface area contributed by atoms with E-state index < -0.39 is 15.6 Å². The predicted octanol–water partition coefficient (Wildman–Crippen LogP) is 0.869. The molecule has 1 saturated heterocycles. The van der Waals surface area contributed by atoms with Gasteiger partial charge in [-0.25, -0.2) is 8.42 Å². The summed E-state index contributed by atoms with van der Waals surface area (Å²) in [7, 11) is -3.68. The third kappa shape index (κ3) is 5.65. The predicted molar refractivity (Wildman–Crippen MR) is 109 cm³/mol. The van der Waals surface area contributed by atoms with E-state index in [1.807, 2.05) is 0 Å². The first-order chi connectivity index (χ1) is 13.3. The smallest absolute Gasteiger partial charge is 0.251 e. The zero-order valence-corrected chi connectivity index (χ0v) is 17.9. The Bertz CT molecular complexity index is 809. The summed E-state index contributed by atoms with van der Waals surface area (Å²) < 4.78 is 27.8. The molecule has 28 heavy (non-hydrogen) atoms. The minimum Gasteiger partial charge on any atom is -0.352 e. The first-order valence-corrected chi connectivity index (χ1v) is 11.5. The number of rotatable bonds is 9. The molecule has 0 bridgehead atoms. The second-order valence-corrected chi connectivity index (χ2v) is 9.04. The Labute approximate surface area is 167 Å². The van der Waals surface area contributed by atoms with Crippen LogP contribution in [0.4, 0.5) is 0 Å². The van der Waals surface area contributed by atoms with E-state index in [2.05, 4.69) is 17.1 Å². The van der Waals surface area contributed by atoms with Crippen molar-refractivity contribution in [2.24, 2.45) is 0 Å². The van der Waals surface area contributed by atoms with Crippen molar-refractivity contribution in [3.05, 3.63) is 28.7 Å². The molecule has 158 valence electrons. The number of hydrogen-bond acceptors (Lipinski definition) is 5. The molecule has 1 N–H and O–H groups in total. The van der Waals surface area contributed by atoms with Gasteiger partial charge in [0, 0.05) is 44.5 Å². The topological polar surface area (TPSA) is 91.7 Å². The van der Waals surface area contributed by atoms with Crippen LogP contribution in [0.15, 0.2) is 28.0 Å². The lowest BCUT2D eigenvalue weighted by Gasteiger charge is -2.32. The maximum absolute atomic E-state index is 12.6. The van der Waals surface area contributed by atoms with E-state index >= 15 is 0 Å². The molecule has 1 fully saturated rings. The Morgan fingerprint density at radius 1 is 1.18 bits per heavy atom. The summed E-state index contributed by atoms with van der Waals surface area (Å²) in [6.07, 6.45) is 4.15. The molecule has 1 aromatic heterocycles. The highest BCUT2D eigenvalue weighted by Gasteiger charge is 2.23. The van der Waals surface area contributed by atoms with E-state index in [0.29, 0.717) is 13.1 Å². The maximum atomic E-state index is 12.6. The summed E-state index contributed by atoms with van der Waals surface area (Å²) in [6.45, 7) is 9.16. The molecular weight excluding hydrogens is 380 g/mol. The average molecular weight is 413 g/mol. The van der Waals surface area contributed by atoms with Crippen molar-refractivity contribution >= 4 is 15.9 Å². The molecule has 0 saturated carbocycles. The van der Waals surface area contributed by atoms with E-state index in [4.69, 9.17) is 0 Å². The van der Waals surface area contributed by atoms with E-state index in [9.17, 15) is 18.0 Å². The molecule has 0 aliphatic carbocycles. The fraction of sp³-hybridized carbons (Fsp3) is 0.684. The molecule has 0 spiro atoms. The van der Waals surface area contributed by atoms with Gasteiger partial charge in [0.25, 0.3) is 5.56 Å². The van der Waals surface area contributed by atoms with Gasteiger partial charge in [0.2, 0.25) is 15.9 Å². The minimum absolute atomic E-state index is 0.0245. The molecule has 1 amide bonds. The first kappa shape index (κ1) is 22.6. The van der Waals surface area contributed by atoms with Gasteiger partial charge in [-0.05, 0) is 31.9 Å². The fourth-order valence-electron chi connectivity index (χ4n) is 3.54. The lowest BCUT2D eigenvalue weighted by Crippen LogP contribution is -2.46. The summed E-state index contributed by atoms with van der Waals surface area (Å²) in [5, 5.41) is 2.98. The Hall–Kier alpha value is -1.71. The highest BCUT2D eigenvalue weighted by Crippen LogP contribution is 2.14. The van der Waals surface area contributed by atoms with Gasteiger partial charge in [0.1, 0.15) is 6.54 Å². The number of nitrogens with zero attached hydrogens (tertiary/aromatic N) is 3. The number of likely N-dealkylation sites (tertiary alicyclic amines) is 1. The van der Waals surface area contributed by atoms with Gasteiger partial charge in [-0.15, -0.1) is 0 Å². The van der Waals surface area contributed by atoms with Gasteiger partial charge in [0.15, 0.2) is 0 Å². The van der Waals surface area contributed by atoms with Gasteiger partial charge >= 0.3 is 0 Å². The monoisotopic (exact) mass is 412 g/mol. The number of carbonyl (C=O) groups excluding carboxylic acids is 1. The normalized spacial score (nSPS) is 16.4. The minimum atomic E-state index is -3.68. The average Bonchev–Trinajstić information content (AvgIpc) is 2.66. The van der Waals surface area contributed by atoms with E-state index in [1.54, 1.807) is 13.8 Å². The van der Waals surface area contributed by atoms with E-state index in [0.717, 1.165) is 43.5 Å². The largest absolute Gasteiger partial charge is 0.352 e. The van der Waals surface area contributed by atoms with Crippen molar-refractivity contribution in [2.75, 3.05) is 32.7 Å². The van der Waals surface area contributed by atoms with Crippen molar-refractivity contribution in [3.8, 4) is 0 Å². The summed E-state index contributed by atoms with van der Waals surface area (Å²) >= 11 is 0. The lowest BCUT2D eigenvalue weighted by atomic mass is 10.0. The quantitative estimate of drug-likeness (QED) is 0.650. The van der Waals surface area contributed by atoms with Gasteiger partial charge in [-0.3, -0.25) is 9.59 Å². The van der Waals surface area contributed by atoms with Crippen LogP contribution in [0.5, 0.6) is 0 Å². The number of piperidine rings is 1. The Balaban J connectivity index is 2.04. The molecule has 8 nitrogen and oxygen atoms in total. The summed E-state index contributed by atoms with van der Waals surface area (Å²) in [4.78, 5) is 26.9. The van der Waals surface area contributed by atoms with Gasteiger partial charge < -0.3 is 14.8 Å². The second kappa shape index (κ2) is 10.2. The molecule has 1 aliphatic heterocycles. The van der Waals surface area contributed by atoms with Crippen molar-refractivity contribution in [2.45, 2.75) is 57.5 Å². The van der Waals surface area contributed by atoms with E-state index in [1.165, 1.54) is 22.6 Å². The molecule has 2 heterocycles. The summed E-state index contributed by atoms with van der Waals surface area (Å²) in [5.74, 6) is -0.270. The highest BCUT2D eigenvalue weighted by atomic mass is 32.2. The molecule has 9 heteroatoms. The van der Waals surface area contributed by atoms with E-state index in [-0.39, 0.29) is 23.4 Å². The molecular formula is C19H32N4O4S. The van der Waals surface area contributed by atoms with Crippen LogP contribution in [-0.2, 0) is 21.4 Å².